The van der Waals surface area contributed by atoms with E-state index in [2.05, 4.69) is 0 Å². The van der Waals surface area contributed by atoms with Gasteiger partial charge in [-0.15, -0.1) is 0 Å². The molecular weight excluding hydrogens is 235 g/mol. The predicted molar refractivity (Wildman–Crippen MR) is 65.6 cm³/mol. The van der Waals surface area contributed by atoms with Gasteiger partial charge in [-0.2, -0.15) is 8.42 Å². The predicted octanol–water partition coefficient (Wildman–Crippen LogP) is 1.75. The van der Waals surface area contributed by atoms with Crippen molar-refractivity contribution >= 4 is 50.4 Å². The zero-order chi connectivity index (χ0) is 11.1. The topological polar surface area (TPSA) is 54.4 Å². The van der Waals surface area contributed by atoms with Crippen LogP contribution in [0.3, 0.4) is 0 Å². The van der Waals surface area contributed by atoms with E-state index in [4.69, 9.17) is 4.55 Å². The molecular formula is C11H11NaO3S. The van der Waals surface area contributed by atoms with E-state index in [0.717, 1.165) is 5.39 Å². The van der Waals surface area contributed by atoms with Crippen LogP contribution in [-0.2, 0) is 10.1 Å². The molecule has 5 heteroatoms. The third-order valence-electron chi connectivity index (χ3n) is 2.33. The average molecular weight is 246 g/mol. The van der Waals surface area contributed by atoms with Crippen molar-refractivity contribution in [3.8, 4) is 0 Å². The number of hydrogen-bond donors (Lipinski definition) is 1. The van der Waals surface area contributed by atoms with Crippen molar-refractivity contribution in [1.29, 1.82) is 0 Å². The summed E-state index contributed by atoms with van der Waals surface area (Å²) in [5, 5.41) is 1.36. The van der Waals surface area contributed by atoms with Crippen molar-refractivity contribution in [2.45, 2.75) is 11.8 Å². The van der Waals surface area contributed by atoms with Gasteiger partial charge in [0, 0.05) is 5.39 Å². The Labute approximate surface area is 117 Å². The summed E-state index contributed by atoms with van der Waals surface area (Å²) in [6, 6.07) is 10.6. The minimum absolute atomic E-state index is 0. The fraction of sp³-hybridized carbons (Fsp3) is 0.0909. The average Bonchev–Trinajstić information content (AvgIpc) is 2.15. The Morgan fingerprint density at radius 2 is 1.69 bits per heavy atom. The van der Waals surface area contributed by atoms with Crippen LogP contribution >= 0.6 is 0 Å². The number of aryl methyl sites for hydroxylation is 1. The zero-order valence-electron chi connectivity index (χ0n) is 8.14. The molecule has 0 aliphatic heterocycles. The molecule has 0 radical (unpaired) electrons. The Morgan fingerprint density at radius 1 is 1.06 bits per heavy atom. The molecule has 0 spiro atoms. The third kappa shape index (κ3) is 2.47. The second-order valence-corrected chi connectivity index (χ2v) is 4.77. The monoisotopic (exact) mass is 246 g/mol. The van der Waals surface area contributed by atoms with Crippen LogP contribution in [0.15, 0.2) is 41.3 Å². The summed E-state index contributed by atoms with van der Waals surface area (Å²) in [4.78, 5) is 0.000556. The van der Waals surface area contributed by atoms with E-state index in [0.29, 0.717) is 10.9 Å². The van der Waals surface area contributed by atoms with Gasteiger partial charge in [0.15, 0.2) is 0 Å². The van der Waals surface area contributed by atoms with Crippen LogP contribution in [0.5, 0.6) is 0 Å². The van der Waals surface area contributed by atoms with Gasteiger partial charge in [-0.05, 0) is 17.9 Å². The standard InChI is InChI=1S/C11H10O3S.Na.H/c1-8-6-7-9-4-2-3-5-10(9)11(8)15(12,13)14;;/h2-7H,1H3,(H,12,13,14);;. The molecule has 0 heterocycles. The summed E-state index contributed by atoms with van der Waals surface area (Å²) in [5.74, 6) is 0. The summed E-state index contributed by atoms with van der Waals surface area (Å²) in [5.41, 5.74) is 0.552. The molecule has 16 heavy (non-hydrogen) atoms. The Morgan fingerprint density at radius 3 is 2.31 bits per heavy atom. The van der Waals surface area contributed by atoms with Crippen LogP contribution in [0.25, 0.3) is 10.8 Å². The second kappa shape index (κ2) is 4.85. The van der Waals surface area contributed by atoms with E-state index >= 15 is 0 Å². The molecule has 0 saturated heterocycles. The van der Waals surface area contributed by atoms with Crippen molar-refractivity contribution in [2.24, 2.45) is 0 Å². The van der Waals surface area contributed by atoms with Gasteiger partial charge in [0.25, 0.3) is 10.1 Å². The Kier molecular flexibility index (Phi) is 4.15. The molecule has 0 aliphatic carbocycles. The first kappa shape index (κ1) is 13.7. The van der Waals surface area contributed by atoms with Crippen molar-refractivity contribution in [1.82, 2.24) is 0 Å². The Bertz CT molecular complexity index is 620. The molecule has 0 fully saturated rings. The molecule has 3 nitrogen and oxygen atoms in total. The molecule has 2 rings (SSSR count). The Hall–Kier alpha value is -0.390. The van der Waals surface area contributed by atoms with Crippen LogP contribution < -0.4 is 0 Å². The molecule has 0 aromatic heterocycles. The van der Waals surface area contributed by atoms with Gasteiger partial charge in [0.2, 0.25) is 0 Å². The number of fused-ring (bicyclic) bond motifs is 1. The van der Waals surface area contributed by atoms with Crippen molar-refractivity contribution < 1.29 is 13.0 Å². The Balaban J connectivity index is 0.00000128. The summed E-state index contributed by atoms with van der Waals surface area (Å²) in [6.45, 7) is 1.66. The summed E-state index contributed by atoms with van der Waals surface area (Å²) >= 11 is 0. The zero-order valence-corrected chi connectivity index (χ0v) is 8.95. The van der Waals surface area contributed by atoms with Crippen molar-refractivity contribution in [3.63, 3.8) is 0 Å². The number of benzene rings is 2. The number of hydrogen-bond acceptors (Lipinski definition) is 2. The van der Waals surface area contributed by atoms with Crippen LogP contribution in [0, 0.1) is 6.92 Å². The summed E-state index contributed by atoms with van der Waals surface area (Å²) in [6.07, 6.45) is 0. The van der Waals surface area contributed by atoms with Crippen molar-refractivity contribution in [2.75, 3.05) is 0 Å². The first-order valence-corrected chi connectivity index (χ1v) is 5.90. The van der Waals surface area contributed by atoms with Gasteiger partial charge in [-0.25, -0.2) is 0 Å². The molecule has 2 aromatic carbocycles. The molecule has 0 amide bonds. The van der Waals surface area contributed by atoms with Crippen LogP contribution in [0.2, 0.25) is 0 Å². The van der Waals surface area contributed by atoms with E-state index in [1.165, 1.54) is 0 Å². The second-order valence-electron chi connectivity index (χ2n) is 3.41. The van der Waals surface area contributed by atoms with Gasteiger partial charge >= 0.3 is 29.6 Å². The maximum absolute atomic E-state index is 11.2. The first-order chi connectivity index (χ1) is 7.00. The van der Waals surface area contributed by atoms with E-state index < -0.39 is 10.1 Å². The fourth-order valence-electron chi connectivity index (χ4n) is 1.69. The molecule has 0 unspecified atom stereocenters. The maximum atomic E-state index is 11.2. The normalized spacial score (nSPS) is 11.1. The van der Waals surface area contributed by atoms with Gasteiger partial charge in [0.1, 0.15) is 4.90 Å². The van der Waals surface area contributed by atoms with Crippen LogP contribution in [0.1, 0.15) is 5.56 Å². The van der Waals surface area contributed by atoms with E-state index in [-0.39, 0.29) is 34.5 Å². The van der Waals surface area contributed by atoms with Crippen molar-refractivity contribution in [3.05, 3.63) is 42.0 Å². The molecule has 0 aliphatic rings. The molecule has 0 atom stereocenters. The van der Waals surface area contributed by atoms with Gasteiger partial charge in [-0.1, -0.05) is 36.4 Å². The first-order valence-electron chi connectivity index (χ1n) is 4.46. The van der Waals surface area contributed by atoms with E-state index in [9.17, 15) is 8.42 Å². The minimum atomic E-state index is -4.16. The fourth-order valence-corrected chi connectivity index (χ4v) is 2.63. The number of rotatable bonds is 1. The molecule has 0 bridgehead atoms. The SMILES string of the molecule is Cc1ccc2ccccc2c1S(=O)(=O)O.[NaH]. The van der Waals surface area contributed by atoms with Gasteiger partial charge < -0.3 is 0 Å². The molecule has 0 saturated carbocycles. The van der Waals surface area contributed by atoms with E-state index in [1.54, 1.807) is 25.1 Å². The molecule has 1 N–H and O–H groups in total. The quantitative estimate of drug-likeness (QED) is 0.616. The molecule has 2 aromatic rings. The summed E-state index contributed by atoms with van der Waals surface area (Å²) < 4.78 is 31.6. The van der Waals surface area contributed by atoms with E-state index in [1.807, 2.05) is 18.2 Å². The molecule has 80 valence electrons. The summed E-state index contributed by atoms with van der Waals surface area (Å²) in [7, 11) is -4.16. The third-order valence-corrected chi connectivity index (χ3v) is 3.39. The van der Waals surface area contributed by atoms with Crippen LogP contribution in [0.4, 0.5) is 0 Å². The van der Waals surface area contributed by atoms with Gasteiger partial charge in [0.05, 0.1) is 0 Å². The van der Waals surface area contributed by atoms with Crippen LogP contribution in [-0.4, -0.2) is 42.5 Å². The van der Waals surface area contributed by atoms with Gasteiger partial charge in [-0.3, -0.25) is 4.55 Å².